The number of nitrogens with zero attached hydrogens (tertiary/aromatic N) is 3. The number of amides is 2. The fourth-order valence-corrected chi connectivity index (χ4v) is 2.03. The quantitative estimate of drug-likeness (QED) is 0.789. The molecule has 6 heteroatoms. The summed E-state index contributed by atoms with van der Waals surface area (Å²) in [5.74, 6) is -0.880. The highest BCUT2D eigenvalue weighted by molar-refractivity contribution is 5.76. The molecular formula is C11H17N3O3. The molecule has 0 aromatic rings. The van der Waals surface area contributed by atoms with Crippen LogP contribution in [0.3, 0.4) is 0 Å². The van der Waals surface area contributed by atoms with Crippen LogP contribution in [0.4, 0.5) is 4.79 Å². The zero-order valence-electron chi connectivity index (χ0n) is 9.93. The number of carbonyl (C=O) groups is 2. The molecule has 1 fully saturated rings. The summed E-state index contributed by atoms with van der Waals surface area (Å²) in [5, 5.41) is 17.2. The Morgan fingerprint density at radius 1 is 1.59 bits per heavy atom. The van der Waals surface area contributed by atoms with E-state index in [0.717, 1.165) is 12.8 Å². The Morgan fingerprint density at radius 3 is 2.88 bits per heavy atom. The predicted molar refractivity (Wildman–Crippen MR) is 60.2 cm³/mol. The Morgan fingerprint density at radius 2 is 2.29 bits per heavy atom. The van der Waals surface area contributed by atoms with Crippen LogP contribution in [0.15, 0.2) is 0 Å². The van der Waals surface area contributed by atoms with Gasteiger partial charge in [0, 0.05) is 26.2 Å². The lowest BCUT2D eigenvalue weighted by molar-refractivity contribution is -0.137. The predicted octanol–water partition coefficient (Wildman–Crippen LogP) is 0.891. The molecule has 1 rings (SSSR count). The smallest absolute Gasteiger partial charge is 0.320 e. The van der Waals surface area contributed by atoms with Gasteiger partial charge in [-0.25, -0.2) is 4.79 Å². The zero-order valence-corrected chi connectivity index (χ0v) is 9.93. The van der Waals surface area contributed by atoms with E-state index in [0.29, 0.717) is 19.5 Å². The summed E-state index contributed by atoms with van der Waals surface area (Å²) in [6.45, 7) is 0.985. The highest BCUT2D eigenvalue weighted by Gasteiger charge is 2.31. The molecule has 1 unspecified atom stereocenters. The van der Waals surface area contributed by atoms with Crippen molar-refractivity contribution in [2.75, 3.05) is 20.1 Å². The first-order valence-electron chi connectivity index (χ1n) is 5.66. The fourth-order valence-electron chi connectivity index (χ4n) is 2.03. The van der Waals surface area contributed by atoms with Gasteiger partial charge in [0.05, 0.1) is 18.9 Å². The van der Waals surface area contributed by atoms with Crippen LogP contribution in [0.1, 0.15) is 25.7 Å². The molecule has 6 nitrogen and oxygen atoms in total. The van der Waals surface area contributed by atoms with Gasteiger partial charge in [0.15, 0.2) is 0 Å². The van der Waals surface area contributed by atoms with Crippen LogP contribution >= 0.6 is 0 Å². The molecule has 17 heavy (non-hydrogen) atoms. The molecule has 1 atom stereocenters. The molecule has 0 aromatic heterocycles. The van der Waals surface area contributed by atoms with Gasteiger partial charge in [0.25, 0.3) is 0 Å². The van der Waals surface area contributed by atoms with Gasteiger partial charge < -0.3 is 14.9 Å². The monoisotopic (exact) mass is 239 g/mol. The average Bonchev–Trinajstić information content (AvgIpc) is 2.71. The second-order valence-electron chi connectivity index (χ2n) is 4.20. The summed E-state index contributed by atoms with van der Waals surface area (Å²) >= 11 is 0. The number of urea groups is 1. The molecule has 1 heterocycles. The minimum Gasteiger partial charge on any atom is -0.481 e. The molecule has 0 aromatic carbocycles. The number of likely N-dealkylation sites (tertiary alicyclic amines) is 1. The molecule has 0 saturated carbocycles. The second-order valence-corrected chi connectivity index (χ2v) is 4.20. The van der Waals surface area contributed by atoms with E-state index in [1.54, 1.807) is 11.9 Å². The summed E-state index contributed by atoms with van der Waals surface area (Å²) in [6, 6.07) is 1.60. The Labute approximate surface area is 100 Å². The zero-order chi connectivity index (χ0) is 12.8. The number of hydrogen-bond donors (Lipinski definition) is 1. The second kappa shape index (κ2) is 6.09. The van der Waals surface area contributed by atoms with Crippen molar-refractivity contribution >= 4 is 12.0 Å². The van der Waals surface area contributed by atoms with Gasteiger partial charge in [-0.2, -0.15) is 5.26 Å². The number of rotatable bonds is 4. The molecular weight excluding hydrogens is 222 g/mol. The first-order chi connectivity index (χ1) is 8.06. The van der Waals surface area contributed by atoms with Crippen LogP contribution in [0.5, 0.6) is 0 Å². The van der Waals surface area contributed by atoms with E-state index in [4.69, 9.17) is 10.4 Å². The van der Waals surface area contributed by atoms with Gasteiger partial charge in [-0.05, 0) is 12.8 Å². The molecule has 1 aliphatic rings. The minimum atomic E-state index is -0.880. The first-order valence-corrected chi connectivity index (χ1v) is 5.66. The number of hydrogen-bond acceptors (Lipinski definition) is 3. The summed E-state index contributed by atoms with van der Waals surface area (Å²) < 4.78 is 0. The van der Waals surface area contributed by atoms with Gasteiger partial charge in [-0.1, -0.05) is 0 Å². The van der Waals surface area contributed by atoms with E-state index in [9.17, 15) is 9.59 Å². The van der Waals surface area contributed by atoms with Gasteiger partial charge >= 0.3 is 12.0 Å². The van der Waals surface area contributed by atoms with Gasteiger partial charge in [0.1, 0.15) is 0 Å². The average molecular weight is 239 g/mol. The van der Waals surface area contributed by atoms with E-state index in [-0.39, 0.29) is 18.5 Å². The number of carbonyl (C=O) groups excluding carboxylic acids is 1. The van der Waals surface area contributed by atoms with Gasteiger partial charge in [0.2, 0.25) is 0 Å². The van der Waals surface area contributed by atoms with E-state index < -0.39 is 5.97 Å². The van der Waals surface area contributed by atoms with Gasteiger partial charge in [-0.15, -0.1) is 0 Å². The van der Waals surface area contributed by atoms with Crippen molar-refractivity contribution in [3.8, 4) is 6.07 Å². The van der Waals surface area contributed by atoms with Crippen LogP contribution in [-0.2, 0) is 4.79 Å². The summed E-state index contributed by atoms with van der Waals surface area (Å²) in [7, 11) is 1.63. The van der Waals surface area contributed by atoms with Crippen molar-refractivity contribution in [2.24, 2.45) is 0 Å². The van der Waals surface area contributed by atoms with Crippen molar-refractivity contribution in [3.63, 3.8) is 0 Å². The molecule has 0 aliphatic carbocycles. The third-order valence-electron chi connectivity index (χ3n) is 2.92. The highest BCUT2D eigenvalue weighted by Crippen LogP contribution is 2.21. The molecule has 1 aliphatic heterocycles. The molecule has 1 saturated heterocycles. The maximum absolute atomic E-state index is 12.0. The van der Waals surface area contributed by atoms with E-state index in [1.807, 2.05) is 6.07 Å². The Bertz CT molecular complexity index is 337. The summed E-state index contributed by atoms with van der Waals surface area (Å²) in [6.07, 6.45) is 1.87. The molecule has 1 N–H and O–H groups in total. The van der Waals surface area contributed by atoms with Crippen LogP contribution in [0.2, 0.25) is 0 Å². The van der Waals surface area contributed by atoms with Crippen molar-refractivity contribution < 1.29 is 14.7 Å². The van der Waals surface area contributed by atoms with Crippen molar-refractivity contribution in [2.45, 2.75) is 31.7 Å². The standard InChI is InChI=1S/C11H17N3O3/c1-13(6-3-5-12)11(17)14-7-2-4-9(14)8-10(15)16/h9H,2-4,6-8H2,1H3,(H,15,16). The molecule has 0 bridgehead atoms. The Balaban J connectivity index is 2.55. The maximum Gasteiger partial charge on any atom is 0.320 e. The minimum absolute atomic E-state index is 0.00215. The number of aliphatic carboxylic acids is 1. The number of carboxylic acids is 1. The van der Waals surface area contributed by atoms with Gasteiger partial charge in [-0.3, -0.25) is 4.79 Å². The molecule has 0 radical (unpaired) electrons. The summed E-state index contributed by atoms with van der Waals surface area (Å²) in [4.78, 5) is 25.7. The third kappa shape index (κ3) is 3.63. The van der Waals surface area contributed by atoms with E-state index >= 15 is 0 Å². The number of nitriles is 1. The van der Waals surface area contributed by atoms with Crippen molar-refractivity contribution in [1.82, 2.24) is 9.80 Å². The van der Waals surface area contributed by atoms with Crippen molar-refractivity contribution in [3.05, 3.63) is 0 Å². The fraction of sp³-hybridized carbons (Fsp3) is 0.727. The van der Waals surface area contributed by atoms with Crippen LogP contribution in [0.25, 0.3) is 0 Å². The van der Waals surface area contributed by atoms with E-state index in [2.05, 4.69) is 0 Å². The number of carboxylic acid groups (broad SMARTS) is 1. The largest absolute Gasteiger partial charge is 0.481 e. The topological polar surface area (TPSA) is 84.6 Å². The van der Waals surface area contributed by atoms with Crippen LogP contribution in [0, 0.1) is 11.3 Å². The molecule has 0 spiro atoms. The highest BCUT2D eigenvalue weighted by atomic mass is 16.4. The molecule has 94 valence electrons. The van der Waals surface area contributed by atoms with Crippen molar-refractivity contribution in [1.29, 1.82) is 5.26 Å². The van der Waals surface area contributed by atoms with Crippen LogP contribution < -0.4 is 0 Å². The first kappa shape index (κ1) is 13.3. The van der Waals surface area contributed by atoms with E-state index in [1.165, 1.54) is 4.90 Å². The summed E-state index contributed by atoms with van der Waals surface area (Å²) in [5.41, 5.74) is 0. The molecule has 2 amide bonds. The Kier molecular flexibility index (Phi) is 4.76. The lowest BCUT2D eigenvalue weighted by atomic mass is 10.1. The van der Waals surface area contributed by atoms with Crippen LogP contribution in [-0.4, -0.2) is 53.1 Å². The normalized spacial score (nSPS) is 18.8. The maximum atomic E-state index is 12.0. The third-order valence-corrected chi connectivity index (χ3v) is 2.92. The Hall–Kier alpha value is -1.77. The SMILES string of the molecule is CN(CCC#N)C(=O)N1CCCC1CC(=O)O. The lowest BCUT2D eigenvalue weighted by Gasteiger charge is -2.28. The lowest BCUT2D eigenvalue weighted by Crippen LogP contribution is -2.44.